The van der Waals surface area contributed by atoms with E-state index in [0.29, 0.717) is 5.41 Å². The third-order valence-corrected chi connectivity index (χ3v) is 2.12. The first-order valence-electron chi connectivity index (χ1n) is 4.29. The van der Waals surface area contributed by atoms with Crippen molar-refractivity contribution in [3.63, 3.8) is 0 Å². The molecule has 0 aliphatic heterocycles. The van der Waals surface area contributed by atoms with Gasteiger partial charge in [0.15, 0.2) is 0 Å². The van der Waals surface area contributed by atoms with Crippen molar-refractivity contribution in [3.05, 3.63) is 23.3 Å². The molecule has 0 unspecified atom stereocenters. The average Bonchev–Trinajstić information content (AvgIpc) is 1.82. The van der Waals surface area contributed by atoms with Crippen LogP contribution in [0.25, 0.3) is 0 Å². The predicted octanol–water partition coefficient (Wildman–Crippen LogP) is 3.20. The molecule has 0 spiro atoms. The molecule has 0 heterocycles. The lowest BCUT2D eigenvalue weighted by Gasteiger charge is -2.29. The highest BCUT2D eigenvalue weighted by molar-refractivity contribution is 5.32. The molecule has 0 amide bonds. The van der Waals surface area contributed by atoms with Crippen LogP contribution in [0.15, 0.2) is 23.3 Å². The second-order valence-corrected chi connectivity index (χ2v) is 4.36. The summed E-state index contributed by atoms with van der Waals surface area (Å²) in [5, 5.41) is 8.52. The van der Waals surface area contributed by atoms with Crippen LogP contribution in [0.2, 0.25) is 0 Å². The summed E-state index contributed by atoms with van der Waals surface area (Å²) in [7, 11) is 0. The number of rotatable bonds is 0. The van der Waals surface area contributed by atoms with Crippen LogP contribution in [-0.2, 0) is 0 Å². The van der Waals surface area contributed by atoms with Gasteiger partial charge in [0.2, 0.25) is 0 Å². The largest absolute Gasteiger partial charge is 0.193 e. The van der Waals surface area contributed by atoms with E-state index in [1.807, 2.05) is 0 Å². The fourth-order valence-electron chi connectivity index (χ4n) is 1.96. The third kappa shape index (κ3) is 2.23. The molecule has 0 atom stereocenters. The van der Waals surface area contributed by atoms with E-state index in [-0.39, 0.29) is 0 Å². The molecule has 0 bridgehead atoms. The van der Waals surface area contributed by atoms with Gasteiger partial charge in [-0.3, -0.25) is 0 Å². The van der Waals surface area contributed by atoms with E-state index < -0.39 is 0 Å². The molecule has 0 N–H and O–H groups in total. The van der Waals surface area contributed by atoms with Crippen LogP contribution in [0, 0.1) is 16.7 Å². The van der Waals surface area contributed by atoms with Crippen molar-refractivity contribution < 1.29 is 0 Å². The van der Waals surface area contributed by atoms with Crippen LogP contribution < -0.4 is 0 Å². The number of hydrogen-bond donors (Lipinski definition) is 0. The third-order valence-electron chi connectivity index (χ3n) is 2.12. The van der Waals surface area contributed by atoms with Gasteiger partial charge < -0.3 is 0 Å². The fourth-order valence-corrected chi connectivity index (χ4v) is 1.96. The van der Waals surface area contributed by atoms with Crippen molar-refractivity contribution in [3.8, 4) is 6.07 Å². The lowest BCUT2D eigenvalue weighted by atomic mass is 9.76. The van der Waals surface area contributed by atoms with Gasteiger partial charge >= 0.3 is 0 Å². The Morgan fingerprint density at radius 3 is 2.67 bits per heavy atom. The van der Waals surface area contributed by atoms with Crippen molar-refractivity contribution in [1.82, 2.24) is 0 Å². The Hall–Kier alpha value is -1.03. The molecular formula is C11H15N. The summed E-state index contributed by atoms with van der Waals surface area (Å²) in [6.45, 7) is 6.62. The first-order chi connectivity index (χ1) is 5.53. The van der Waals surface area contributed by atoms with E-state index in [4.69, 9.17) is 5.26 Å². The quantitative estimate of drug-likeness (QED) is 0.500. The Balaban J connectivity index is 2.90. The highest BCUT2D eigenvalue weighted by Gasteiger charge is 2.23. The number of nitriles is 1. The summed E-state index contributed by atoms with van der Waals surface area (Å²) < 4.78 is 0. The Morgan fingerprint density at radius 2 is 2.17 bits per heavy atom. The van der Waals surface area contributed by atoms with Crippen molar-refractivity contribution in [2.24, 2.45) is 5.41 Å². The second-order valence-electron chi connectivity index (χ2n) is 4.36. The normalized spacial score (nSPS) is 24.8. The van der Waals surface area contributed by atoms with Crippen molar-refractivity contribution in [2.75, 3.05) is 0 Å². The summed E-state index contributed by atoms with van der Waals surface area (Å²) in [5.74, 6) is 0. The summed E-state index contributed by atoms with van der Waals surface area (Å²) >= 11 is 0. The lowest BCUT2D eigenvalue weighted by molar-refractivity contribution is 0.352. The Bertz CT molecular complexity index is 274. The monoisotopic (exact) mass is 161 g/mol. The van der Waals surface area contributed by atoms with E-state index in [2.05, 4.69) is 32.9 Å². The molecule has 0 aromatic carbocycles. The van der Waals surface area contributed by atoms with Gasteiger partial charge in [0.05, 0.1) is 6.07 Å². The molecule has 1 aliphatic carbocycles. The van der Waals surface area contributed by atoms with Gasteiger partial charge in [0.25, 0.3) is 0 Å². The molecule has 1 aliphatic rings. The van der Waals surface area contributed by atoms with Crippen LogP contribution in [0.1, 0.15) is 33.6 Å². The zero-order valence-corrected chi connectivity index (χ0v) is 8.02. The number of allylic oxidation sites excluding steroid dienone is 4. The van der Waals surface area contributed by atoms with Gasteiger partial charge in [0, 0.05) is 6.08 Å². The van der Waals surface area contributed by atoms with Crippen molar-refractivity contribution in [2.45, 2.75) is 33.6 Å². The van der Waals surface area contributed by atoms with Crippen LogP contribution in [0.4, 0.5) is 0 Å². The summed E-state index contributed by atoms with van der Waals surface area (Å²) in [6.07, 6.45) is 5.96. The Morgan fingerprint density at radius 1 is 1.50 bits per heavy atom. The molecule has 0 aromatic rings. The highest BCUT2D eigenvalue weighted by Crippen LogP contribution is 2.37. The number of hydrogen-bond acceptors (Lipinski definition) is 1. The Labute approximate surface area is 74.4 Å². The van der Waals surface area contributed by atoms with Crippen molar-refractivity contribution in [1.29, 1.82) is 5.26 Å². The predicted molar refractivity (Wildman–Crippen MR) is 50.5 cm³/mol. The molecule has 0 fully saturated rings. The number of nitrogens with zero attached hydrogens (tertiary/aromatic N) is 1. The molecule has 0 aromatic heterocycles. The zero-order valence-electron chi connectivity index (χ0n) is 8.02. The summed E-state index contributed by atoms with van der Waals surface area (Å²) in [6, 6.07) is 2.09. The maximum atomic E-state index is 8.52. The molecule has 1 rings (SSSR count). The van der Waals surface area contributed by atoms with Crippen LogP contribution in [-0.4, -0.2) is 0 Å². The average molecular weight is 161 g/mol. The zero-order chi connectivity index (χ0) is 9.19. The van der Waals surface area contributed by atoms with Gasteiger partial charge in [0.1, 0.15) is 0 Å². The maximum Gasteiger partial charge on any atom is 0.0914 e. The molecule has 0 saturated heterocycles. The molecule has 0 radical (unpaired) electrons. The van der Waals surface area contributed by atoms with E-state index in [1.165, 1.54) is 11.1 Å². The molecule has 12 heavy (non-hydrogen) atoms. The van der Waals surface area contributed by atoms with Crippen LogP contribution in [0.3, 0.4) is 0 Å². The van der Waals surface area contributed by atoms with Gasteiger partial charge in [-0.1, -0.05) is 25.5 Å². The van der Waals surface area contributed by atoms with E-state index in [0.717, 1.165) is 12.8 Å². The summed E-state index contributed by atoms with van der Waals surface area (Å²) in [4.78, 5) is 0. The molecule has 0 saturated carbocycles. The van der Waals surface area contributed by atoms with E-state index in [1.54, 1.807) is 6.08 Å². The molecular weight excluding hydrogens is 146 g/mol. The molecule has 1 heteroatoms. The first kappa shape index (κ1) is 9.06. The van der Waals surface area contributed by atoms with Gasteiger partial charge in [-0.05, 0) is 30.8 Å². The van der Waals surface area contributed by atoms with Gasteiger partial charge in [-0.25, -0.2) is 0 Å². The molecule has 1 nitrogen and oxygen atoms in total. The lowest BCUT2D eigenvalue weighted by Crippen LogP contribution is -2.16. The molecule has 64 valence electrons. The smallest absolute Gasteiger partial charge is 0.0914 e. The van der Waals surface area contributed by atoms with Crippen LogP contribution >= 0.6 is 0 Å². The minimum absolute atomic E-state index is 0.335. The SMILES string of the molecule is CC1=C/C(=C\C#N)CC(C)(C)C1. The minimum Gasteiger partial charge on any atom is -0.193 e. The van der Waals surface area contributed by atoms with E-state index in [9.17, 15) is 0 Å². The summed E-state index contributed by atoms with van der Waals surface area (Å²) in [5.41, 5.74) is 2.89. The fraction of sp³-hybridized carbons (Fsp3) is 0.545. The topological polar surface area (TPSA) is 23.8 Å². The highest BCUT2D eigenvalue weighted by atomic mass is 14.3. The first-order valence-corrected chi connectivity index (χ1v) is 4.29. The minimum atomic E-state index is 0.335. The van der Waals surface area contributed by atoms with Crippen molar-refractivity contribution >= 4 is 0 Å². The van der Waals surface area contributed by atoms with E-state index >= 15 is 0 Å². The second kappa shape index (κ2) is 3.15. The van der Waals surface area contributed by atoms with Crippen LogP contribution in [0.5, 0.6) is 0 Å². The van der Waals surface area contributed by atoms with Gasteiger partial charge in [-0.15, -0.1) is 0 Å². The maximum absolute atomic E-state index is 8.52. The van der Waals surface area contributed by atoms with Gasteiger partial charge in [-0.2, -0.15) is 5.26 Å². The standard InChI is InChI=1S/C11H15N/c1-9-6-10(4-5-12)8-11(2,3)7-9/h4,6H,7-8H2,1-3H3/b10-4+. The Kier molecular flexibility index (Phi) is 2.38.